The molecule has 3 N–H and O–H groups in total. The molecule has 94 valence electrons. The lowest BCUT2D eigenvalue weighted by Crippen LogP contribution is -2.20. The summed E-state index contributed by atoms with van der Waals surface area (Å²) in [6.45, 7) is 2.65. The van der Waals surface area contributed by atoms with Crippen LogP contribution in [0.3, 0.4) is 0 Å². The van der Waals surface area contributed by atoms with Crippen LogP contribution in [0.4, 0.5) is 11.6 Å². The standard InChI is InChI=1S/C12H16N6/c1-9-4-3-5-10(15-9)8-18(2)12-7-14-6-11(16-12)17-13/h3-7H,8,13H2,1-2H3,(H,16,17). The van der Waals surface area contributed by atoms with Gasteiger partial charge in [0.25, 0.3) is 0 Å². The van der Waals surface area contributed by atoms with Crippen molar-refractivity contribution < 1.29 is 0 Å². The lowest BCUT2D eigenvalue weighted by molar-refractivity contribution is 0.854. The number of anilines is 2. The number of hydrogen-bond acceptors (Lipinski definition) is 6. The molecule has 0 bridgehead atoms. The predicted octanol–water partition coefficient (Wildman–Crippen LogP) is 1.10. The van der Waals surface area contributed by atoms with Gasteiger partial charge < -0.3 is 10.3 Å². The van der Waals surface area contributed by atoms with Crippen molar-refractivity contribution in [2.75, 3.05) is 17.4 Å². The van der Waals surface area contributed by atoms with E-state index in [1.54, 1.807) is 12.4 Å². The van der Waals surface area contributed by atoms with Gasteiger partial charge in [0.1, 0.15) is 5.82 Å². The minimum Gasteiger partial charge on any atom is -0.352 e. The van der Waals surface area contributed by atoms with Crippen molar-refractivity contribution in [3.05, 3.63) is 42.0 Å². The summed E-state index contributed by atoms with van der Waals surface area (Å²) in [6.07, 6.45) is 3.26. The monoisotopic (exact) mass is 244 g/mol. The first-order chi connectivity index (χ1) is 8.69. The number of aromatic nitrogens is 3. The second-order valence-electron chi connectivity index (χ2n) is 4.03. The van der Waals surface area contributed by atoms with E-state index in [0.717, 1.165) is 17.2 Å². The summed E-state index contributed by atoms with van der Waals surface area (Å²) in [4.78, 5) is 14.8. The number of nitrogens with two attached hydrogens (primary N) is 1. The average molecular weight is 244 g/mol. The summed E-state index contributed by atoms with van der Waals surface area (Å²) in [5, 5.41) is 0. The van der Waals surface area contributed by atoms with Gasteiger partial charge >= 0.3 is 0 Å². The molecule has 0 fully saturated rings. The zero-order valence-electron chi connectivity index (χ0n) is 10.5. The van der Waals surface area contributed by atoms with Crippen LogP contribution >= 0.6 is 0 Å². The first-order valence-electron chi connectivity index (χ1n) is 5.61. The van der Waals surface area contributed by atoms with E-state index in [0.29, 0.717) is 12.4 Å². The normalized spacial score (nSPS) is 10.2. The second kappa shape index (κ2) is 5.42. The molecule has 2 aromatic heterocycles. The van der Waals surface area contributed by atoms with Gasteiger partial charge in [0.05, 0.1) is 24.6 Å². The minimum atomic E-state index is 0.538. The first-order valence-corrected chi connectivity index (χ1v) is 5.61. The third-order valence-corrected chi connectivity index (χ3v) is 2.51. The number of pyridine rings is 1. The molecule has 0 spiro atoms. The Balaban J connectivity index is 2.13. The van der Waals surface area contributed by atoms with Crippen LogP contribution in [0.5, 0.6) is 0 Å². The highest BCUT2D eigenvalue weighted by atomic mass is 15.3. The van der Waals surface area contributed by atoms with Gasteiger partial charge in [0.2, 0.25) is 0 Å². The molecule has 0 saturated carbocycles. The fourth-order valence-corrected chi connectivity index (χ4v) is 1.62. The summed E-state index contributed by atoms with van der Waals surface area (Å²) >= 11 is 0. The van der Waals surface area contributed by atoms with Crippen LogP contribution < -0.4 is 16.2 Å². The van der Waals surface area contributed by atoms with E-state index < -0.39 is 0 Å². The predicted molar refractivity (Wildman–Crippen MR) is 70.9 cm³/mol. The van der Waals surface area contributed by atoms with Gasteiger partial charge in [-0.1, -0.05) is 6.07 Å². The Kier molecular flexibility index (Phi) is 3.69. The van der Waals surface area contributed by atoms with Gasteiger partial charge in [0, 0.05) is 12.7 Å². The Morgan fingerprint density at radius 3 is 2.83 bits per heavy atom. The highest BCUT2D eigenvalue weighted by Gasteiger charge is 2.06. The summed E-state index contributed by atoms with van der Waals surface area (Å²) in [7, 11) is 1.94. The van der Waals surface area contributed by atoms with Gasteiger partial charge in [-0.2, -0.15) is 0 Å². The van der Waals surface area contributed by atoms with Crippen molar-refractivity contribution in [3.63, 3.8) is 0 Å². The van der Waals surface area contributed by atoms with Crippen LogP contribution in [-0.2, 0) is 6.54 Å². The lowest BCUT2D eigenvalue weighted by atomic mass is 10.3. The third-order valence-electron chi connectivity index (χ3n) is 2.51. The largest absolute Gasteiger partial charge is 0.352 e. The topological polar surface area (TPSA) is 80.0 Å². The van der Waals surface area contributed by atoms with Crippen LogP contribution in [0.2, 0.25) is 0 Å². The molecule has 18 heavy (non-hydrogen) atoms. The number of hydrazine groups is 1. The van der Waals surface area contributed by atoms with Crippen LogP contribution in [0.25, 0.3) is 0 Å². The molecule has 0 radical (unpaired) electrons. The van der Waals surface area contributed by atoms with E-state index in [1.165, 1.54) is 0 Å². The Hall–Kier alpha value is -2.21. The van der Waals surface area contributed by atoms with E-state index in [-0.39, 0.29) is 0 Å². The summed E-state index contributed by atoms with van der Waals surface area (Å²) in [6, 6.07) is 5.96. The Morgan fingerprint density at radius 1 is 1.28 bits per heavy atom. The molecule has 0 amide bonds. The van der Waals surface area contributed by atoms with Crippen LogP contribution in [0, 0.1) is 6.92 Å². The molecule has 2 rings (SSSR count). The molecule has 0 aliphatic carbocycles. The number of hydrogen-bond donors (Lipinski definition) is 2. The number of nitrogens with zero attached hydrogens (tertiary/aromatic N) is 4. The van der Waals surface area contributed by atoms with E-state index in [9.17, 15) is 0 Å². The average Bonchev–Trinajstić information content (AvgIpc) is 2.39. The van der Waals surface area contributed by atoms with Crippen molar-refractivity contribution in [1.82, 2.24) is 15.0 Å². The molecular formula is C12H16N6. The maximum Gasteiger partial charge on any atom is 0.160 e. The number of aryl methyl sites for hydroxylation is 1. The Morgan fingerprint density at radius 2 is 2.11 bits per heavy atom. The van der Waals surface area contributed by atoms with E-state index in [1.807, 2.05) is 37.1 Å². The van der Waals surface area contributed by atoms with E-state index in [2.05, 4.69) is 20.4 Å². The lowest BCUT2D eigenvalue weighted by Gasteiger charge is -2.17. The molecule has 6 heteroatoms. The van der Waals surface area contributed by atoms with Crippen molar-refractivity contribution in [1.29, 1.82) is 0 Å². The van der Waals surface area contributed by atoms with Gasteiger partial charge in [-0.25, -0.2) is 10.8 Å². The molecule has 0 aliphatic heterocycles. The van der Waals surface area contributed by atoms with Crippen molar-refractivity contribution in [3.8, 4) is 0 Å². The zero-order valence-corrected chi connectivity index (χ0v) is 10.5. The minimum absolute atomic E-state index is 0.538. The number of rotatable bonds is 4. The molecule has 2 heterocycles. The van der Waals surface area contributed by atoms with Gasteiger partial charge in [-0.3, -0.25) is 9.97 Å². The summed E-state index contributed by atoms with van der Waals surface area (Å²) < 4.78 is 0. The third kappa shape index (κ3) is 2.92. The molecule has 0 saturated heterocycles. The van der Waals surface area contributed by atoms with Gasteiger partial charge in [-0.15, -0.1) is 0 Å². The van der Waals surface area contributed by atoms with Crippen LogP contribution in [-0.4, -0.2) is 22.0 Å². The fraction of sp³-hybridized carbons (Fsp3) is 0.250. The smallest absolute Gasteiger partial charge is 0.160 e. The van der Waals surface area contributed by atoms with Gasteiger partial charge in [0.15, 0.2) is 5.82 Å². The maximum absolute atomic E-state index is 5.31. The number of nitrogens with one attached hydrogen (secondary N) is 1. The summed E-state index contributed by atoms with van der Waals surface area (Å²) in [5.74, 6) is 6.59. The summed E-state index contributed by atoms with van der Waals surface area (Å²) in [5.41, 5.74) is 4.47. The zero-order chi connectivity index (χ0) is 13.0. The molecule has 2 aromatic rings. The second-order valence-corrected chi connectivity index (χ2v) is 4.03. The van der Waals surface area contributed by atoms with E-state index in [4.69, 9.17) is 5.84 Å². The first kappa shape index (κ1) is 12.3. The Bertz CT molecular complexity index is 527. The quantitative estimate of drug-likeness (QED) is 0.619. The van der Waals surface area contributed by atoms with Gasteiger partial charge in [-0.05, 0) is 19.1 Å². The maximum atomic E-state index is 5.31. The van der Waals surface area contributed by atoms with Crippen LogP contribution in [0.1, 0.15) is 11.4 Å². The van der Waals surface area contributed by atoms with Crippen molar-refractivity contribution in [2.24, 2.45) is 5.84 Å². The molecule has 0 unspecified atom stereocenters. The number of nitrogen functional groups attached to an aromatic ring is 1. The highest BCUT2D eigenvalue weighted by molar-refractivity contribution is 5.42. The molecule has 0 aromatic carbocycles. The molecule has 6 nitrogen and oxygen atoms in total. The highest BCUT2D eigenvalue weighted by Crippen LogP contribution is 2.12. The van der Waals surface area contributed by atoms with E-state index >= 15 is 0 Å². The molecule has 0 atom stereocenters. The fourth-order valence-electron chi connectivity index (χ4n) is 1.62. The molecular weight excluding hydrogens is 228 g/mol. The molecule has 0 aliphatic rings. The Labute approximate surface area is 106 Å². The SMILES string of the molecule is Cc1cccc(CN(C)c2cncc(NN)n2)n1. The van der Waals surface area contributed by atoms with Crippen molar-refractivity contribution >= 4 is 11.6 Å². The van der Waals surface area contributed by atoms with Crippen LogP contribution in [0.15, 0.2) is 30.6 Å². The van der Waals surface area contributed by atoms with Crippen molar-refractivity contribution in [2.45, 2.75) is 13.5 Å².